The average molecular weight is 211 g/mol. The van der Waals surface area contributed by atoms with Crippen molar-refractivity contribution in [1.29, 1.82) is 0 Å². The molecule has 0 amide bonds. The van der Waals surface area contributed by atoms with Gasteiger partial charge in [-0.25, -0.2) is 4.98 Å². The maximum absolute atomic E-state index is 11.8. The molecular weight excluding hydrogens is 203 g/mol. The molecule has 13 heavy (non-hydrogen) atoms. The van der Waals surface area contributed by atoms with Crippen molar-refractivity contribution >= 4 is 12.2 Å². The van der Waals surface area contributed by atoms with Gasteiger partial charge in [0, 0.05) is 13.5 Å². The van der Waals surface area contributed by atoms with Crippen molar-refractivity contribution in [2.24, 2.45) is 7.05 Å². The molecule has 0 aromatic carbocycles. The molecule has 1 aromatic heterocycles. The van der Waals surface area contributed by atoms with Crippen LogP contribution in [0.5, 0.6) is 0 Å². The zero-order chi connectivity index (χ0) is 10.1. The maximum atomic E-state index is 11.8. The lowest BCUT2D eigenvalue weighted by atomic mass is 10.3. The van der Waals surface area contributed by atoms with Crippen LogP contribution in [0.4, 0.5) is 13.2 Å². The number of rotatable bonds is 2. The van der Waals surface area contributed by atoms with Gasteiger partial charge in [0.1, 0.15) is 5.82 Å². The summed E-state index contributed by atoms with van der Waals surface area (Å²) < 4.78 is 37.0. The number of nitrogens with zero attached hydrogens (tertiary/aromatic N) is 2. The van der Waals surface area contributed by atoms with Crippen molar-refractivity contribution in [2.45, 2.75) is 19.0 Å². The predicted octanol–water partition coefficient (Wildman–Crippen LogP) is 1.97. The number of aromatic nitrogens is 3. The van der Waals surface area contributed by atoms with E-state index in [1.807, 2.05) is 0 Å². The number of alkyl halides is 3. The number of H-pyrrole nitrogens is 1. The van der Waals surface area contributed by atoms with Crippen molar-refractivity contribution in [3.8, 4) is 0 Å². The van der Waals surface area contributed by atoms with Crippen molar-refractivity contribution in [2.75, 3.05) is 0 Å². The van der Waals surface area contributed by atoms with Gasteiger partial charge in [0.15, 0.2) is 0 Å². The predicted molar refractivity (Wildman–Crippen MR) is 42.8 cm³/mol. The highest BCUT2D eigenvalue weighted by molar-refractivity contribution is 7.71. The zero-order valence-electron chi connectivity index (χ0n) is 6.85. The minimum Gasteiger partial charge on any atom is -0.283 e. The molecule has 0 radical (unpaired) electrons. The van der Waals surface area contributed by atoms with Crippen LogP contribution in [0.3, 0.4) is 0 Å². The van der Waals surface area contributed by atoms with Gasteiger partial charge in [0.05, 0.1) is 6.42 Å². The maximum Gasteiger partial charge on any atom is 0.389 e. The Kier molecular flexibility index (Phi) is 2.74. The number of aryl methyl sites for hydroxylation is 2. The summed E-state index contributed by atoms with van der Waals surface area (Å²) in [4.78, 5) is 3.74. The van der Waals surface area contributed by atoms with E-state index in [1.54, 1.807) is 7.05 Å². The van der Waals surface area contributed by atoms with Crippen LogP contribution in [0.25, 0.3) is 0 Å². The Bertz CT molecular complexity index is 338. The van der Waals surface area contributed by atoms with Crippen molar-refractivity contribution < 1.29 is 13.2 Å². The van der Waals surface area contributed by atoms with E-state index in [4.69, 9.17) is 12.2 Å². The number of hydrogen-bond acceptors (Lipinski definition) is 2. The molecule has 0 saturated carbocycles. The average Bonchev–Trinajstić information content (AvgIpc) is 2.27. The second-order valence-electron chi connectivity index (χ2n) is 2.63. The van der Waals surface area contributed by atoms with E-state index in [0.29, 0.717) is 0 Å². The molecule has 0 unspecified atom stereocenters. The molecule has 3 nitrogen and oxygen atoms in total. The number of aromatic amines is 1. The van der Waals surface area contributed by atoms with Gasteiger partial charge < -0.3 is 0 Å². The van der Waals surface area contributed by atoms with Crippen molar-refractivity contribution in [1.82, 2.24) is 14.8 Å². The summed E-state index contributed by atoms with van der Waals surface area (Å²) in [6, 6.07) is 0. The highest BCUT2D eigenvalue weighted by Crippen LogP contribution is 2.20. The molecule has 0 aliphatic carbocycles. The largest absolute Gasteiger partial charge is 0.389 e. The quantitative estimate of drug-likeness (QED) is 0.759. The minimum atomic E-state index is -4.15. The molecule has 1 heterocycles. The van der Waals surface area contributed by atoms with E-state index in [1.165, 1.54) is 4.68 Å². The lowest BCUT2D eigenvalue weighted by Gasteiger charge is -2.02. The molecule has 74 valence electrons. The van der Waals surface area contributed by atoms with E-state index >= 15 is 0 Å². The second kappa shape index (κ2) is 3.49. The molecule has 1 aromatic rings. The summed E-state index contributed by atoms with van der Waals surface area (Å²) in [5, 5.41) is 2.62. The SMILES string of the molecule is Cn1[nH]c(CCC(F)(F)F)nc1=S. The summed E-state index contributed by atoms with van der Waals surface area (Å²) in [6.07, 6.45) is -5.18. The molecule has 0 spiro atoms. The Morgan fingerprint density at radius 2 is 2.15 bits per heavy atom. The Labute approximate surface area is 77.6 Å². The number of hydrogen-bond donors (Lipinski definition) is 1. The lowest BCUT2D eigenvalue weighted by molar-refractivity contribution is -0.134. The number of nitrogens with one attached hydrogen (secondary N) is 1. The van der Waals surface area contributed by atoms with Crippen molar-refractivity contribution in [3.63, 3.8) is 0 Å². The third-order valence-electron chi connectivity index (χ3n) is 1.46. The summed E-state index contributed by atoms with van der Waals surface area (Å²) in [7, 11) is 1.60. The molecule has 0 aliphatic heterocycles. The fraction of sp³-hybridized carbons (Fsp3) is 0.667. The van der Waals surface area contributed by atoms with Gasteiger partial charge in [-0.05, 0) is 12.2 Å². The van der Waals surface area contributed by atoms with E-state index in [0.717, 1.165) is 0 Å². The molecule has 0 aliphatic rings. The van der Waals surface area contributed by atoms with Crippen LogP contribution in [0, 0.1) is 4.77 Å². The van der Waals surface area contributed by atoms with Gasteiger partial charge in [-0.3, -0.25) is 9.78 Å². The molecule has 0 saturated heterocycles. The van der Waals surface area contributed by atoms with Crippen molar-refractivity contribution in [3.05, 3.63) is 10.6 Å². The van der Waals surface area contributed by atoms with Crippen LogP contribution in [0.1, 0.15) is 12.2 Å². The first kappa shape index (κ1) is 10.2. The van der Waals surface area contributed by atoms with Crippen LogP contribution >= 0.6 is 12.2 Å². The number of halogens is 3. The summed E-state index contributed by atoms with van der Waals surface area (Å²) >= 11 is 4.72. The highest BCUT2D eigenvalue weighted by atomic mass is 32.1. The van der Waals surface area contributed by atoms with Gasteiger partial charge >= 0.3 is 6.18 Å². The first-order valence-electron chi connectivity index (χ1n) is 3.57. The van der Waals surface area contributed by atoms with E-state index in [-0.39, 0.29) is 17.0 Å². The van der Waals surface area contributed by atoms with E-state index < -0.39 is 12.6 Å². The van der Waals surface area contributed by atoms with Gasteiger partial charge in [-0.15, -0.1) is 0 Å². The Balaban J connectivity index is 2.61. The monoisotopic (exact) mass is 211 g/mol. The lowest BCUT2D eigenvalue weighted by Crippen LogP contribution is -2.09. The summed E-state index contributed by atoms with van der Waals surface area (Å²) in [6.45, 7) is 0. The fourth-order valence-electron chi connectivity index (χ4n) is 0.829. The first-order valence-corrected chi connectivity index (χ1v) is 3.98. The molecule has 0 atom stereocenters. The standard InChI is InChI=1S/C6H8F3N3S/c1-12-5(13)10-4(11-12)2-3-6(7,8)9/h2-3H2,1H3,(H,10,11,13). The van der Waals surface area contributed by atoms with Gasteiger partial charge in [-0.1, -0.05) is 0 Å². The molecule has 1 N–H and O–H groups in total. The zero-order valence-corrected chi connectivity index (χ0v) is 7.67. The van der Waals surface area contributed by atoms with Crippen LogP contribution in [-0.2, 0) is 13.5 Å². The van der Waals surface area contributed by atoms with Crippen LogP contribution in [0.2, 0.25) is 0 Å². The normalized spacial score (nSPS) is 12.0. The topological polar surface area (TPSA) is 33.6 Å². The van der Waals surface area contributed by atoms with Crippen LogP contribution in [0.15, 0.2) is 0 Å². The van der Waals surface area contributed by atoms with Gasteiger partial charge in [0.2, 0.25) is 4.77 Å². The van der Waals surface area contributed by atoms with E-state index in [9.17, 15) is 13.2 Å². The fourth-order valence-corrected chi connectivity index (χ4v) is 0.985. The molecule has 7 heteroatoms. The first-order chi connectivity index (χ1) is 5.88. The Morgan fingerprint density at radius 3 is 2.54 bits per heavy atom. The third-order valence-corrected chi connectivity index (χ3v) is 1.82. The minimum absolute atomic E-state index is 0.159. The summed E-state index contributed by atoms with van der Waals surface area (Å²) in [5.41, 5.74) is 0. The van der Waals surface area contributed by atoms with Crippen LogP contribution in [-0.4, -0.2) is 20.9 Å². The molecule has 0 fully saturated rings. The second-order valence-corrected chi connectivity index (χ2v) is 2.99. The molecule has 0 bridgehead atoms. The molecule has 1 rings (SSSR count). The Morgan fingerprint density at radius 1 is 1.54 bits per heavy atom. The van der Waals surface area contributed by atoms with E-state index in [2.05, 4.69) is 10.1 Å². The van der Waals surface area contributed by atoms with Gasteiger partial charge in [-0.2, -0.15) is 13.2 Å². The summed E-state index contributed by atoms with van der Waals surface area (Å²) in [5.74, 6) is 0.268. The third kappa shape index (κ3) is 3.17. The molecular formula is C6H8F3N3S. The highest BCUT2D eigenvalue weighted by Gasteiger charge is 2.27. The van der Waals surface area contributed by atoms with Crippen LogP contribution < -0.4 is 0 Å². The Hall–Kier alpha value is -0.850. The van der Waals surface area contributed by atoms with Gasteiger partial charge in [0.25, 0.3) is 0 Å². The smallest absolute Gasteiger partial charge is 0.283 e.